The first-order valence-corrected chi connectivity index (χ1v) is 7.59. The second-order valence-electron chi connectivity index (χ2n) is 3.22. The minimum atomic E-state index is -3.57. The summed E-state index contributed by atoms with van der Waals surface area (Å²) in [5, 5.41) is 4.85. The summed E-state index contributed by atoms with van der Waals surface area (Å²) in [5.41, 5.74) is 0.463. The first-order valence-electron chi connectivity index (χ1n) is 3.98. The summed E-state index contributed by atoms with van der Waals surface area (Å²) < 4.78 is 43.7. The van der Waals surface area contributed by atoms with Crippen LogP contribution in [0.2, 0.25) is 0 Å². The molecular formula is C8H11NO4S2. The maximum absolute atomic E-state index is 11.1. The highest BCUT2D eigenvalue weighted by Crippen LogP contribution is 2.11. The van der Waals surface area contributed by atoms with E-state index in [1.165, 1.54) is 24.3 Å². The minimum Gasteiger partial charge on any atom is -0.228 e. The predicted octanol–water partition coefficient (Wildman–Crippen LogP) is -0.121. The van der Waals surface area contributed by atoms with E-state index in [1.807, 2.05) is 0 Å². The molecule has 15 heavy (non-hydrogen) atoms. The molecule has 0 saturated heterocycles. The maximum Gasteiger partial charge on any atom is 0.213 e. The van der Waals surface area contributed by atoms with Gasteiger partial charge in [0.1, 0.15) is 0 Å². The fraction of sp³-hybridized carbons (Fsp3) is 0.250. The highest BCUT2D eigenvalue weighted by Gasteiger charge is 2.08. The van der Waals surface area contributed by atoms with Crippen LogP contribution in [0.4, 0.5) is 0 Å². The van der Waals surface area contributed by atoms with E-state index in [0.29, 0.717) is 5.56 Å². The Labute approximate surface area is 88.9 Å². The van der Waals surface area contributed by atoms with Gasteiger partial charge in [-0.05, 0) is 17.7 Å². The van der Waals surface area contributed by atoms with E-state index < -0.39 is 19.9 Å². The van der Waals surface area contributed by atoms with Gasteiger partial charge in [0.2, 0.25) is 10.0 Å². The highest BCUT2D eigenvalue weighted by atomic mass is 32.2. The van der Waals surface area contributed by atoms with Crippen molar-refractivity contribution in [1.82, 2.24) is 0 Å². The molecule has 2 N–H and O–H groups in total. The normalized spacial score (nSPS) is 12.7. The number of benzene rings is 1. The van der Waals surface area contributed by atoms with Gasteiger partial charge in [0, 0.05) is 6.26 Å². The first kappa shape index (κ1) is 12.2. The van der Waals surface area contributed by atoms with Crippen LogP contribution in [0.1, 0.15) is 5.56 Å². The molecule has 0 spiro atoms. The van der Waals surface area contributed by atoms with Gasteiger partial charge in [-0.2, -0.15) is 0 Å². The third-order valence-electron chi connectivity index (χ3n) is 1.72. The molecule has 84 valence electrons. The zero-order valence-corrected chi connectivity index (χ0v) is 9.68. The van der Waals surface area contributed by atoms with Crippen LogP contribution in [-0.2, 0) is 25.6 Å². The summed E-state index contributed by atoms with van der Waals surface area (Å²) in [5.74, 6) is -0.295. The van der Waals surface area contributed by atoms with Crippen LogP contribution in [-0.4, -0.2) is 23.1 Å². The summed E-state index contributed by atoms with van der Waals surface area (Å²) in [7, 11) is -6.82. The summed E-state index contributed by atoms with van der Waals surface area (Å²) in [6.07, 6.45) is 1.09. The van der Waals surface area contributed by atoms with Gasteiger partial charge in [-0.3, -0.25) is 0 Å². The van der Waals surface area contributed by atoms with Crippen LogP contribution in [0, 0.1) is 0 Å². The zero-order valence-electron chi connectivity index (χ0n) is 8.04. The van der Waals surface area contributed by atoms with Gasteiger partial charge in [0.05, 0.1) is 10.6 Å². The third-order valence-corrected chi connectivity index (χ3v) is 3.58. The molecule has 1 aromatic carbocycles. The Morgan fingerprint density at radius 1 is 1.07 bits per heavy atom. The average molecular weight is 249 g/mol. The Morgan fingerprint density at radius 2 is 1.53 bits per heavy atom. The van der Waals surface area contributed by atoms with Gasteiger partial charge in [-0.25, -0.2) is 22.0 Å². The quantitative estimate of drug-likeness (QED) is 0.808. The second-order valence-corrected chi connectivity index (χ2v) is 6.85. The molecular weight excluding hydrogens is 238 g/mol. The molecule has 1 rings (SSSR count). The van der Waals surface area contributed by atoms with Crippen molar-refractivity contribution in [2.75, 3.05) is 6.26 Å². The van der Waals surface area contributed by atoms with Gasteiger partial charge >= 0.3 is 0 Å². The first-order chi connectivity index (χ1) is 6.68. The van der Waals surface area contributed by atoms with Crippen molar-refractivity contribution in [3.05, 3.63) is 29.8 Å². The van der Waals surface area contributed by atoms with Crippen LogP contribution in [0.15, 0.2) is 29.2 Å². The molecule has 7 heteroatoms. The standard InChI is InChI=1S/C8H11NO4S2/c1-14(10,11)8-4-2-7(3-5-8)6-15(9,12)13/h2-5H,6H2,1H3,(H2,9,12,13). The second kappa shape index (κ2) is 3.92. The van der Waals surface area contributed by atoms with E-state index in [-0.39, 0.29) is 10.6 Å². The van der Waals surface area contributed by atoms with Gasteiger partial charge in [-0.1, -0.05) is 12.1 Å². The van der Waals surface area contributed by atoms with Crippen LogP contribution in [0.3, 0.4) is 0 Å². The number of rotatable bonds is 3. The van der Waals surface area contributed by atoms with E-state index in [1.54, 1.807) is 0 Å². The van der Waals surface area contributed by atoms with Crippen molar-refractivity contribution in [2.45, 2.75) is 10.6 Å². The van der Waals surface area contributed by atoms with E-state index >= 15 is 0 Å². The van der Waals surface area contributed by atoms with Crippen molar-refractivity contribution in [2.24, 2.45) is 5.14 Å². The van der Waals surface area contributed by atoms with Crippen molar-refractivity contribution >= 4 is 19.9 Å². The predicted molar refractivity (Wildman–Crippen MR) is 56.4 cm³/mol. The highest BCUT2D eigenvalue weighted by molar-refractivity contribution is 7.90. The zero-order chi connectivity index (χ0) is 11.7. The number of sulfonamides is 1. The molecule has 5 nitrogen and oxygen atoms in total. The van der Waals surface area contributed by atoms with Crippen molar-refractivity contribution in [3.8, 4) is 0 Å². The summed E-state index contributed by atoms with van der Waals surface area (Å²) in [6.45, 7) is 0. The Kier molecular flexibility index (Phi) is 3.17. The molecule has 0 aliphatic carbocycles. The lowest BCUT2D eigenvalue weighted by Gasteiger charge is -2.01. The van der Waals surface area contributed by atoms with Crippen LogP contribution in [0.5, 0.6) is 0 Å². The van der Waals surface area contributed by atoms with Gasteiger partial charge in [0.15, 0.2) is 9.84 Å². The fourth-order valence-corrected chi connectivity index (χ4v) is 2.35. The average Bonchev–Trinajstić information content (AvgIpc) is 2.00. The number of sulfone groups is 1. The third kappa shape index (κ3) is 3.98. The Morgan fingerprint density at radius 3 is 1.87 bits per heavy atom. The summed E-state index contributed by atoms with van der Waals surface area (Å²) in [4.78, 5) is 0.153. The molecule has 0 bridgehead atoms. The molecule has 1 aromatic rings. The smallest absolute Gasteiger partial charge is 0.213 e. The topological polar surface area (TPSA) is 94.3 Å². The molecule has 0 saturated carbocycles. The molecule has 0 heterocycles. The molecule has 0 aromatic heterocycles. The number of hydrogen-bond acceptors (Lipinski definition) is 4. The fourth-order valence-electron chi connectivity index (χ4n) is 1.07. The van der Waals surface area contributed by atoms with Crippen LogP contribution in [0.25, 0.3) is 0 Å². The monoisotopic (exact) mass is 249 g/mol. The Balaban J connectivity index is 3.02. The number of hydrogen-bond donors (Lipinski definition) is 1. The van der Waals surface area contributed by atoms with Gasteiger partial charge in [-0.15, -0.1) is 0 Å². The molecule has 0 aliphatic heterocycles. The van der Waals surface area contributed by atoms with E-state index in [2.05, 4.69) is 0 Å². The van der Waals surface area contributed by atoms with E-state index in [9.17, 15) is 16.8 Å². The summed E-state index contributed by atoms with van der Waals surface area (Å²) >= 11 is 0. The lowest BCUT2D eigenvalue weighted by Crippen LogP contribution is -2.14. The van der Waals surface area contributed by atoms with Crippen molar-refractivity contribution in [1.29, 1.82) is 0 Å². The molecule has 0 radical (unpaired) electrons. The SMILES string of the molecule is CS(=O)(=O)c1ccc(CS(N)(=O)=O)cc1. The van der Waals surface area contributed by atoms with Crippen molar-refractivity contribution in [3.63, 3.8) is 0 Å². The van der Waals surface area contributed by atoms with Crippen LogP contribution >= 0.6 is 0 Å². The lowest BCUT2D eigenvalue weighted by atomic mass is 10.2. The van der Waals surface area contributed by atoms with E-state index in [4.69, 9.17) is 5.14 Å². The number of nitrogens with two attached hydrogens (primary N) is 1. The lowest BCUT2D eigenvalue weighted by molar-refractivity contribution is 0.597. The van der Waals surface area contributed by atoms with Gasteiger partial charge < -0.3 is 0 Å². The summed E-state index contributed by atoms with van der Waals surface area (Å²) in [6, 6.07) is 5.58. The largest absolute Gasteiger partial charge is 0.228 e. The minimum absolute atomic E-state index is 0.153. The molecule has 0 fully saturated rings. The maximum atomic E-state index is 11.1. The van der Waals surface area contributed by atoms with Crippen LogP contribution < -0.4 is 5.14 Å². The van der Waals surface area contributed by atoms with Gasteiger partial charge in [0.25, 0.3) is 0 Å². The molecule has 0 atom stereocenters. The van der Waals surface area contributed by atoms with E-state index in [0.717, 1.165) is 6.26 Å². The molecule has 0 aliphatic rings. The van der Waals surface area contributed by atoms with Crippen molar-refractivity contribution < 1.29 is 16.8 Å². The Hall–Kier alpha value is -0.920. The molecule has 0 unspecified atom stereocenters. The number of primary sulfonamides is 1. The molecule has 0 amide bonds. The Bertz CT molecular complexity index is 543.